The maximum atomic E-state index is 12.1. The lowest BCUT2D eigenvalue weighted by Gasteiger charge is -2.29. The van der Waals surface area contributed by atoms with E-state index in [0.29, 0.717) is 17.0 Å². The molecule has 0 radical (unpaired) electrons. The number of benzene rings is 1. The minimum absolute atomic E-state index is 0.0161. The molecule has 3 rings (SSSR count). The standard InChI is InChI=1S/C17H13ClN2O2/c18-13-3-1-11(2-4-13)16(21)7-8-20-14-5-6-17(22)15(20)9-12(14)10-19/h1-8,12,14-15H,9H2/b8-7+. The molecular weight excluding hydrogens is 300 g/mol. The number of halogens is 1. The summed E-state index contributed by atoms with van der Waals surface area (Å²) in [5.74, 6) is -0.396. The minimum Gasteiger partial charge on any atom is -0.359 e. The molecule has 2 bridgehead atoms. The van der Waals surface area contributed by atoms with Crippen molar-refractivity contribution in [3.8, 4) is 6.07 Å². The van der Waals surface area contributed by atoms with E-state index in [2.05, 4.69) is 6.07 Å². The maximum Gasteiger partial charge on any atom is 0.187 e. The molecule has 0 spiro atoms. The fourth-order valence-corrected chi connectivity index (χ4v) is 3.04. The van der Waals surface area contributed by atoms with Crippen molar-refractivity contribution in [1.29, 1.82) is 5.26 Å². The highest BCUT2D eigenvalue weighted by molar-refractivity contribution is 6.30. The maximum absolute atomic E-state index is 12.1. The smallest absolute Gasteiger partial charge is 0.187 e. The molecule has 2 aliphatic heterocycles. The van der Waals surface area contributed by atoms with Crippen molar-refractivity contribution in [3.63, 3.8) is 0 Å². The predicted molar refractivity (Wildman–Crippen MR) is 82.2 cm³/mol. The van der Waals surface area contributed by atoms with Crippen LogP contribution in [-0.2, 0) is 4.79 Å². The number of carbonyl (C=O) groups excluding carboxylic acids is 2. The number of hydrogen-bond donors (Lipinski definition) is 0. The average molecular weight is 313 g/mol. The summed E-state index contributed by atoms with van der Waals surface area (Å²) in [6.45, 7) is 0. The van der Waals surface area contributed by atoms with Crippen molar-refractivity contribution in [2.24, 2.45) is 5.92 Å². The lowest BCUT2D eigenvalue weighted by molar-refractivity contribution is -0.118. The van der Waals surface area contributed by atoms with Crippen LogP contribution in [0.1, 0.15) is 16.8 Å². The number of fused-ring (bicyclic) bond motifs is 2. The molecule has 0 amide bonds. The van der Waals surface area contributed by atoms with Gasteiger partial charge in [0, 0.05) is 22.9 Å². The zero-order valence-electron chi connectivity index (χ0n) is 11.6. The fourth-order valence-electron chi connectivity index (χ4n) is 2.91. The van der Waals surface area contributed by atoms with Gasteiger partial charge in [-0.2, -0.15) is 5.26 Å². The van der Waals surface area contributed by atoms with E-state index in [-0.39, 0.29) is 29.6 Å². The monoisotopic (exact) mass is 312 g/mol. The summed E-state index contributed by atoms with van der Waals surface area (Å²) in [7, 11) is 0. The van der Waals surface area contributed by atoms with Gasteiger partial charge in [0.05, 0.1) is 24.1 Å². The first-order valence-electron chi connectivity index (χ1n) is 6.97. The van der Waals surface area contributed by atoms with Crippen LogP contribution in [0.3, 0.4) is 0 Å². The van der Waals surface area contributed by atoms with Crippen LogP contribution in [0, 0.1) is 17.2 Å². The predicted octanol–water partition coefficient (Wildman–Crippen LogP) is 2.76. The van der Waals surface area contributed by atoms with Gasteiger partial charge in [-0.1, -0.05) is 17.7 Å². The first-order valence-corrected chi connectivity index (χ1v) is 7.35. The second kappa shape index (κ2) is 5.78. The van der Waals surface area contributed by atoms with Gasteiger partial charge in [-0.05, 0) is 36.8 Å². The van der Waals surface area contributed by atoms with E-state index in [1.807, 2.05) is 4.90 Å². The second-order valence-corrected chi connectivity index (χ2v) is 5.81. The third-order valence-corrected chi connectivity index (χ3v) is 4.32. The first-order chi connectivity index (χ1) is 10.6. The highest BCUT2D eigenvalue weighted by atomic mass is 35.5. The Hall–Kier alpha value is -2.38. The van der Waals surface area contributed by atoms with E-state index in [1.165, 1.54) is 12.2 Å². The molecule has 3 atom stereocenters. The van der Waals surface area contributed by atoms with E-state index < -0.39 is 0 Å². The van der Waals surface area contributed by atoms with Crippen LogP contribution in [-0.4, -0.2) is 28.6 Å². The summed E-state index contributed by atoms with van der Waals surface area (Å²) in [6, 6.07) is 8.38. The highest BCUT2D eigenvalue weighted by Gasteiger charge is 2.43. The average Bonchev–Trinajstić information content (AvgIpc) is 2.79. The van der Waals surface area contributed by atoms with Crippen LogP contribution in [0.5, 0.6) is 0 Å². The first kappa shape index (κ1) is 14.6. The normalized spacial score (nSPS) is 26.5. The number of nitrogens with zero attached hydrogens (tertiary/aromatic N) is 2. The van der Waals surface area contributed by atoms with E-state index in [1.54, 1.807) is 36.5 Å². The number of carbonyl (C=O) groups is 2. The molecule has 5 heteroatoms. The van der Waals surface area contributed by atoms with Crippen LogP contribution >= 0.6 is 11.6 Å². The molecule has 4 nitrogen and oxygen atoms in total. The molecule has 0 saturated carbocycles. The zero-order valence-corrected chi connectivity index (χ0v) is 12.4. The molecule has 1 fully saturated rings. The quantitative estimate of drug-likeness (QED) is 0.636. The van der Waals surface area contributed by atoms with Gasteiger partial charge in [-0.25, -0.2) is 0 Å². The highest BCUT2D eigenvalue weighted by Crippen LogP contribution is 2.34. The molecule has 1 saturated heterocycles. The summed E-state index contributed by atoms with van der Waals surface area (Å²) < 4.78 is 0. The van der Waals surface area contributed by atoms with Crippen LogP contribution in [0.2, 0.25) is 5.02 Å². The van der Waals surface area contributed by atoms with Gasteiger partial charge >= 0.3 is 0 Å². The summed E-state index contributed by atoms with van der Waals surface area (Å²) in [6.07, 6.45) is 6.86. The van der Waals surface area contributed by atoms with Crippen molar-refractivity contribution >= 4 is 23.2 Å². The largest absolute Gasteiger partial charge is 0.359 e. The van der Waals surface area contributed by atoms with Crippen LogP contribution in [0.15, 0.2) is 48.7 Å². The van der Waals surface area contributed by atoms with Crippen LogP contribution in [0.25, 0.3) is 0 Å². The van der Waals surface area contributed by atoms with Crippen molar-refractivity contribution in [3.05, 3.63) is 59.3 Å². The molecular formula is C17H13ClN2O2. The van der Waals surface area contributed by atoms with Crippen molar-refractivity contribution in [2.75, 3.05) is 0 Å². The Bertz CT molecular complexity index is 715. The number of ketones is 2. The Kier molecular flexibility index (Phi) is 3.82. The molecule has 3 unspecified atom stereocenters. The second-order valence-electron chi connectivity index (χ2n) is 5.37. The van der Waals surface area contributed by atoms with Crippen molar-refractivity contribution in [1.82, 2.24) is 4.90 Å². The molecule has 2 aliphatic rings. The molecule has 22 heavy (non-hydrogen) atoms. The van der Waals surface area contributed by atoms with E-state index in [4.69, 9.17) is 11.6 Å². The summed E-state index contributed by atoms with van der Waals surface area (Å²) >= 11 is 5.80. The van der Waals surface area contributed by atoms with Crippen molar-refractivity contribution in [2.45, 2.75) is 18.5 Å². The molecule has 0 aliphatic carbocycles. The summed E-state index contributed by atoms with van der Waals surface area (Å²) in [5.41, 5.74) is 0.531. The molecule has 1 aromatic rings. The summed E-state index contributed by atoms with van der Waals surface area (Å²) in [5, 5.41) is 9.74. The Balaban J connectivity index is 1.79. The van der Waals surface area contributed by atoms with Gasteiger partial charge < -0.3 is 4.90 Å². The van der Waals surface area contributed by atoms with Gasteiger partial charge in [0.15, 0.2) is 11.6 Å². The van der Waals surface area contributed by atoms with Gasteiger partial charge in [0.2, 0.25) is 0 Å². The molecule has 110 valence electrons. The fraction of sp³-hybridized carbons (Fsp3) is 0.235. The number of allylic oxidation sites excluding steroid dienone is 1. The van der Waals surface area contributed by atoms with E-state index in [0.717, 1.165) is 0 Å². The van der Waals surface area contributed by atoms with Crippen LogP contribution < -0.4 is 0 Å². The minimum atomic E-state index is -0.339. The number of rotatable bonds is 3. The topological polar surface area (TPSA) is 61.2 Å². The summed E-state index contributed by atoms with van der Waals surface area (Å²) in [4.78, 5) is 25.9. The lowest BCUT2D eigenvalue weighted by atomic mass is 10.0. The van der Waals surface area contributed by atoms with E-state index in [9.17, 15) is 14.9 Å². The Morgan fingerprint density at radius 3 is 2.77 bits per heavy atom. The van der Waals surface area contributed by atoms with Crippen LogP contribution in [0.4, 0.5) is 0 Å². The molecule has 0 N–H and O–H groups in total. The Labute approximate surface area is 133 Å². The van der Waals surface area contributed by atoms with Crippen molar-refractivity contribution < 1.29 is 9.59 Å². The third kappa shape index (κ3) is 2.56. The molecule has 1 aromatic carbocycles. The zero-order chi connectivity index (χ0) is 15.7. The Morgan fingerprint density at radius 2 is 2.09 bits per heavy atom. The molecule has 0 aromatic heterocycles. The van der Waals surface area contributed by atoms with Gasteiger partial charge in [0.1, 0.15) is 0 Å². The van der Waals surface area contributed by atoms with Gasteiger partial charge in [-0.15, -0.1) is 0 Å². The number of nitriles is 1. The van der Waals surface area contributed by atoms with E-state index >= 15 is 0 Å². The Morgan fingerprint density at radius 1 is 1.36 bits per heavy atom. The van der Waals surface area contributed by atoms with Gasteiger partial charge in [0.25, 0.3) is 0 Å². The SMILES string of the molecule is N#CC1CC2C(=O)C=CC1N2/C=C/C(=O)c1ccc(Cl)cc1. The third-order valence-electron chi connectivity index (χ3n) is 4.07. The lowest BCUT2D eigenvalue weighted by Crippen LogP contribution is -2.39. The van der Waals surface area contributed by atoms with Gasteiger partial charge in [-0.3, -0.25) is 9.59 Å². The number of hydrogen-bond acceptors (Lipinski definition) is 4. The molecule has 2 heterocycles.